The lowest BCUT2D eigenvalue weighted by atomic mass is 10.0. The van der Waals surface area contributed by atoms with E-state index in [-0.39, 0.29) is 0 Å². The minimum absolute atomic E-state index is 0.373. The second-order valence-corrected chi connectivity index (χ2v) is 5.10. The predicted molar refractivity (Wildman–Crippen MR) is 81.2 cm³/mol. The average Bonchev–Trinajstić information content (AvgIpc) is 2.42. The Hall–Kier alpha value is -1.11. The molecule has 0 bridgehead atoms. The molecule has 6 heteroatoms. The minimum Gasteiger partial charge on any atom is -0.465 e. The van der Waals surface area contributed by atoms with Crippen LogP contribution in [0, 0.1) is 0 Å². The fourth-order valence-electron chi connectivity index (χ4n) is 2.34. The zero-order valence-electron chi connectivity index (χ0n) is 12.8. The molecule has 1 amide bonds. The van der Waals surface area contributed by atoms with Gasteiger partial charge in [-0.05, 0) is 25.7 Å². The van der Waals surface area contributed by atoms with Gasteiger partial charge in [-0.1, -0.05) is 18.9 Å². The first kappa shape index (κ1) is 17.9. The van der Waals surface area contributed by atoms with Gasteiger partial charge in [0.15, 0.2) is 0 Å². The molecule has 1 aliphatic rings. The van der Waals surface area contributed by atoms with E-state index in [1.165, 1.54) is 17.7 Å². The number of carbonyl (C=O) groups is 1. The van der Waals surface area contributed by atoms with E-state index in [1.54, 1.807) is 0 Å². The molecule has 0 aromatic heterocycles. The summed E-state index contributed by atoms with van der Waals surface area (Å²) in [4.78, 5) is 12.8. The molecular weight excluding hydrogens is 272 g/mol. The molecule has 0 fully saturated rings. The Morgan fingerprint density at radius 3 is 2.57 bits per heavy atom. The van der Waals surface area contributed by atoms with Gasteiger partial charge in [-0.25, -0.2) is 4.79 Å². The Morgan fingerprint density at radius 2 is 1.86 bits per heavy atom. The van der Waals surface area contributed by atoms with Crippen LogP contribution in [0.15, 0.2) is 11.8 Å². The summed E-state index contributed by atoms with van der Waals surface area (Å²) >= 11 is 0. The molecule has 1 aliphatic carbocycles. The zero-order valence-corrected chi connectivity index (χ0v) is 12.8. The molecule has 21 heavy (non-hydrogen) atoms. The highest BCUT2D eigenvalue weighted by Gasteiger charge is 2.17. The number of hydrogen-bond acceptors (Lipinski definition) is 4. The highest BCUT2D eigenvalue weighted by atomic mass is 16.5. The highest BCUT2D eigenvalue weighted by molar-refractivity contribution is 5.67. The minimum atomic E-state index is -0.898. The predicted octanol–water partition coefficient (Wildman–Crippen LogP) is 2.20. The molecular formula is C15H28N2O4. The molecule has 0 atom stereocenters. The number of ether oxygens (including phenoxy) is 2. The van der Waals surface area contributed by atoms with Gasteiger partial charge in [-0.3, -0.25) is 4.90 Å². The second kappa shape index (κ2) is 11.5. The summed E-state index contributed by atoms with van der Waals surface area (Å²) in [6.45, 7) is 2.74. The number of carboxylic acid groups (broad SMARTS) is 1. The molecule has 122 valence electrons. The number of rotatable bonds is 9. The fourth-order valence-corrected chi connectivity index (χ4v) is 2.34. The van der Waals surface area contributed by atoms with Gasteiger partial charge in [-0.2, -0.15) is 0 Å². The molecule has 0 aliphatic heterocycles. The largest absolute Gasteiger partial charge is 0.465 e. The summed E-state index contributed by atoms with van der Waals surface area (Å²) in [5, 5.41) is 9.35. The van der Waals surface area contributed by atoms with Crippen molar-refractivity contribution in [1.82, 2.24) is 4.90 Å². The monoisotopic (exact) mass is 300 g/mol. The van der Waals surface area contributed by atoms with Crippen molar-refractivity contribution in [1.29, 1.82) is 0 Å². The summed E-state index contributed by atoms with van der Waals surface area (Å²) < 4.78 is 10.6. The molecule has 3 N–H and O–H groups in total. The van der Waals surface area contributed by atoms with Crippen LogP contribution < -0.4 is 5.73 Å². The normalized spacial score (nSPS) is 18.4. The third kappa shape index (κ3) is 8.04. The Morgan fingerprint density at radius 1 is 1.14 bits per heavy atom. The molecule has 0 saturated heterocycles. The van der Waals surface area contributed by atoms with Crippen LogP contribution in [-0.4, -0.2) is 55.6 Å². The number of nitrogens with zero attached hydrogens (tertiary/aromatic N) is 1. The van der Waals surface area contributed by atoms with Crippen molar-refractivity contribution in [3.63, 3.8) is 0 Å². The summed E-state index contributed by atoms with van der Waals surface area (Å²) in [5.41, 5.74) is 6.23. The van der Waals surface area contributed by atoms with Crippen molar-refractivity contribution in [3.05, 3.63) is 11.8 Å². The van der Waals surface area contributed by atoms with Gasteiger partial charge in [0.25, 0.3) is 0 Å². The topological polar surface area (TPSA) is 85.0 Å². The van der Waals surface area contributed by atoms with Crippen LogP contribution in [0.4, 0.5) is 4.79 Å². The van der Waals surface area contributed by atoms with E-state index in [9.17, 15) is 9.90 Å². The lowest BCUT2D eigenvalue weighted by Crippen LogP contribution is -2.32. The molecule has 0 saturated carbocycles. The third-order valence-corrected chi connectivity index (χ3v) is 3.44. The summed E-state index contributed by atoms with van der Waals surface area (Å²) in [5.74, 6) is 0. The van der Waals surface area contributed by atoms with Crippen LogP contribution in [0.25, 0.3) is 0 Å². The van der Waals surface area contributed by atoms with Crippen molar-refractivity contribution in [3.8, 4) is 0 Å². The van der Waals surface area contributed by atoms with E-state index in [0.717, 1.165) is 31.4 Å². The van der Waals surface area contributed by atoms with E-state index in [4.69, 9.17) is 15.2 Å². The first-order valence-electron chi connectivity index (χ1n) is 7.80. The van der Waals surface area contributed by atoms with E-state index >= 15 is 0 Å². The van der Waals surface area contributed by atoms with Crippen molar-refractivity contribution >= 4 is 6.09 Å². The molecule has 0 unspecified atom stereocenters. The first-order chi connectivity index (χ1) is 10.3. The Labute approximate surface area is 126 Å². The molecule has 0 aromatic carbocycles. The van der Waals surface area contributed by atoms with Crippen LogP contribution in [0.1, 0.15) is 38.5 Å². The van der Waals surface area contributed by atoms with Crippen LogP contribution in [0.3, 0.4) is 0 Å². The Bertz CT molecular complexity index is 321. The number of allylic oxidation sites excluding steroid dienone is 2. The second-order valence-electron chi connectivity index (χ2n) is 5.10. The van der Waals surface area contributed by atoms with Crippen LogP contribution in [-0.2, 0) is 9.47 Å². The maximum atomic E-state index is 11.4. The van der Waals surface area contributed by atoms with E-state index < -0.39 is 6.09 Å². The van der Waals surface area contributed by atoms with Gasteiger partial charge < -0.3 is 20.3 Å². The van der Waals surface area contributed by atoms with Gasteiger partial charge >= 0.3 is 6.09 Å². The van der Waals surface area contributed by atoms with E-state index in [1.807, 2.05) is 0 Å². The summed E-state index contributed by atoms with van der Waals surface area (Å²) in [6, 6.07) is 0. The van der Waals surface area contributed by atoms with Crippen molar-refractivity contribution < 1.29 is 19.4 Å². The lowest BCUT2D eigenvalue weighted by Gasteiger charge is -2.24. The molecule has 0 spiro atoms. The van der Waals surface area contributed by atoms with Crippen molar-refractivity contribution in [2.75, 3.05) is 39.5 Å². The van der Waals surface area contributed by atoms with E-state index in [2.05, 4.69) is 6.08 Å². The fraction of sp³-hybridized carbons (Fsp3) is 0.800. The quantitative estimate of drug-likeness (QED) is 0.638. The summed E-state index contributed by atoms with van der Waals surface area (Å²) in [7, 11) is 0. The van der Waals surface area contributed by atoms with Crippen LogP contribution in [0.5, 0.6) is 0 Å². The standard InChI is InChI=1S/C15H28N2O4/c16-8-10-20-12-13-21-11-9-17(15(18)19)14-6-4-2-1-3-5-7-14/h6H,1-5,7-13,16H2,(H,18,19)/b14-6+. The molecule has 6 nitrogen and oxygen atoms in total. The lowest BCUT2D eigenvalue weighted by molar-refractivity contribution is 0.0439. The zero-order chi connectivity index (χ0) is 15.3. The first-order valence-corrected chi connectivity index (χ1v) is 7.80. The third-order valence-electron chi connectivity index (χ3n) is 3.44. The Kier molecular flexibility index (Phi) is 9.86. The molecule has 1 rings (SSSR count). The maximum Gasteiger partial charge on any atom is 0.411 e. The molecule has 0 aromatic rings. The molecule has 0 radical (unpaired) electrons. The van der Waals surface area contributed by atoms with E-state index in [0.29, 0.717) is 39.5 Å². The summed E-state index contributed by atoms with van der Waals surface area (Å²) in [6.07, 6.45) is 7.60. The van der Waals surface area contributed by atoms with Crippen molar-refractivity contribution in [2.45, 2.75) is 38.5 Å². The van der Waals surface area contributed by atoms with Gasteiger partial charge in [0.05, 0.1) is 33.0 Å². The van der Waals surface area contributed by atoms with Gasteiger partial charge in [-0.15, -0.1) is 0 Å². The van der Waals surface area contributed by atoms with Gasteiger partial charge in [0, 0.05) is 12.2 Å². The highest BCUT2D eigenvalue weighted by Crippen LogP contribution is 2.20. The van der Waals surface area contributed by atoms with Crippen LogP contribution in [0.2, 0.25) is 0 Å². The van der Waals surface area contributed by atoms with Gasteiger partial charge in [0.1, 0.15) is 0 Å². The SMILES string of the molecule is NCCOCCOCCN(C(=O)O)/C1=C/CCCCCC1. The van der Waals surface area contributed by atoms with Crippen molar-refractivity contribution in [2.24, 2.45) is 5.73 Å². The number of hydrogen-bond donors (Lipinski definition) is 2. The van der Waals surface area contributed by atoms with Gasteiger partial charge in [0.2, 0.25) is 0 Å². The molecule has 0 heterocycles. The smallest absolute Gasteiger partial charge is 0.411 e. The number of amides is 1. The van der Waals surface area contributed by atoms with Crippen LogP contribution >= 0.6 is 0 Å². The average molecular weight is 300 g/mol. The Balaban J connectivity index is 2.30. The number of nitrogens with two attached hydrogens (primary N) is 1. The maximum absolute atomic E-state index is 11.4.